The molecule has 0 aromatic heterocycles. The molecule has 2 fully saturated rings. The van der Waals surface area contributed by atoms with Crippen LogP contribution in [0.5, 0.6) is 0 Å². The number of alkyl halides is 2. The number of hydrogen-bond donors (Lipinski definition) is 3. The van der Waals surface area contributed by atoms with Crippen LogP contribution in [0.4, 0.5) is 13.6 Å². The van der Waals surface area contributed by atoms with Gasteiger partial charge >= 0.3 is 23.9 Å². The van der Waals surface area contributed by atoms with E-state index in [0.717, 1.165) is 9.80 Å². The first-order valence-electron chi connectivity index (χ1n) is 15.3. The lowest BCUT2D eigenvalue weighted by Crippen LogP contribution is -2.59. The van der Waals surface area contributed by atoms with Crippen molar-refractivity contribution < 1.29 is 57.0 Å². The Labute approximate surface area is 274 Å². The standard InChI is InChI=1S/C31H39F2N5O10/c1-17(2)24(26(43)31(32,33)29(46)48-16-19-9-6-5-7-10-19)35-27(44)20-11-8-12-37(20)28(45)25(18(3)4)34-21(39)13-38-22(40)14-36(30(38)47)15-23(41)42/h5-7,9-10,17-18,20,24-25H,8,11-16H2,1-4H3,(H,34,39)(H,35,44)(H,41,42)/t20-,24-,25-/m0/s1. The van der Waals surface area contributed by atoms with Gasteiger partial charge in [-0.25, -0.2) is 9.59 Å². The number of benzene rings is 1. The third-order valence-corrected chi connectivity index (χ3v) is 7.87. The fourth-order valence-electron chi connectivity index (χ4n) is 5.29. The number of amides is 6. The van der Waals surface area contributed by atoms with Gasteiger partial charge < -0.3 is 30.3 Å². The second-order valence-electron chi connectivity index (χ2n) is 12.2. The normalized spacial score (nSPS) is 17.8. The fourth-order valence-corrected chi connectivity index (χ4v) is 5.29. The van der Waals surface area contributed by atoms with Gasteiger partial charge in [0.2, 0.25) is 23.5 Å². The van der Waals surface area contributed by atoms with Crippen LogP contribution in [0.1, 0.15) is 46.1 Å². The Balaban J connectivity index is 1.67. The Morgan fingerprint density at radius 2 is 1.58 bits per heavy atom. The van der Waals surface area contributed by atoms with Crippen molar-refractivity contribution in [1.82, 2.24) is 25.3 Å². The van der Waals surface area contributed by atoms with Gasteiger partial charge in [0, 0.05) is 6.54 Å². The summed E-state index contributed by atoms with van der Waals surface area (Å²) < 4.78 is 34.7. The molecule has 1 aromatic carbocycles. The molecule has 3 rings (SSSR count). The molecule has 0 radical (unpaired) electrons. The summed E-state index contributed by atoms with van der Waals surface area (Å²) in [5.74, 6) is -14.6. The second kappa shape index (κ2) is 15.8. The maximum Gasteiger partial charge on any atom is 0.401 e. The summed E-state index contributed by atoms with van der Waals surface area (Å²) in [6.07, 6.45) is 0.447. The number of ketones is 1. The van der Waals surface area contributed by atoms with Gasteiger partial charge in [-0.2, -0.15) is 8.78 Å². The lowest BCUT2D eigenvalue weighted by molar-refractivity contribution is -0.179. The number of esters is 1. The molecular weight excluding hydrogens is 640 g/mol. The molecule has 2 aliphatic rings. The van der Waals surface area contributed by atoms with Crippen LogP contribution < -0.4 is 10.6 Å². The summed E-state index contributed by atoms with van der Waals surface area (Å²) in [6, 6.07) is 2.76. The van der Waals surface area contributed by atoms with Crippen molar-refractivity contribution >= 4 is 47.4 Å². The maximum absolute atomic E-state index is 15.0. The number of rotatable bonds is 15. The highest BCUT2D eigenvalue weighted by Gasteiger charge is 2.53. The van der Waals surface area contributed by atoms with E-state index < -0.39 is 110 Å². The van der Waals surface area contributed by atoms with E-state index in [-0.39, 0.29) is 13.0 Å². The van der Waals surface area contributed by atoms with E-state index in [4.69, 9.17) is 5.11 Å². The number of aliphatic carboxylic acids is 1. The molecule has 0 saturated carbocycles. The van der Waals surface area contributed by atoms with Crippen molar-refractivity contribution in [3.63, 3.8) is 0 Å². The number of hydrogen-bond acceptors (Lipinski definition) is 9. The molecule has 17 heteroatoms. The number of halogens is 2. The molecule has 0 unspecified atom stereocenters. The molecule has 3 atom stereocenters. The zero-order valence-corrected chi connectivity index (χ0v) is 26.9. The zero-order chi connectivity index (χ0) is 35.9. The van der Waals surface area contributed by atoms with Crippen LogP contribution in [0.15, 0.2) is 30.3 Å². The highest BCUT2D eigenvalue weighted by Crippen LogP contribution is 2.25. The summed E-state index contributed by atoms with van der Waals surface area (Å²) >= 11 is 0. The summed E-state index contributed by atoms with van der Waals surface area (Å²) in [6.45, 7) is 3.49. The van der Waals surface area contributed by atoms with Gasteiger partial charge in [0.1, 0.15) is 38.3 Å². The van der Waals surface area contributed by atoms with Crippen molar-refractivity contribution in [2.75, 3.05) is 26.2 Å². The number of carbonyl (C=O) groups excluding carboxylic acids is 7. The Bertz CT molecular complexity index is 1440. The first kappa shape index (κ1) is 37.5. The van der Waals surface area contributed by atoms with E-state index in [1.165, 1.54) is 13.8 Å². The van der Waals surface area contributed by atoms with Crippen LogP contribution >= 0.6 is 0 Å². The molecule has 0 bridgehead atoms. The van der Waals surface area contributed by atoms with Gasteiger partial charge in [0.15, 0.2) is 0 Å². The molecule has 2 saturated heterocycles. The van der Waals surface area contributed by atoms with Gasteiger partial charge in [-0.15, -0.1) is 0 Å². The van der Waals surface area contributed by atoms with Crippen LogP contribution in [0.25, 0.3) is 0 Å². The smallest absolute Gasteiger partial charge is 0.401 e. The highest BCUT2D eigenvalue weighted by molar-refractivity contribution is 6.09. The summed E-state index contributed by atoms with van der Waals surface area (Å²) in [5, 5.41) is 13.7. The number of nitrogens with one attached hydrogen (secondary N) is 2. The average Bonchev–Trinajstić information content (AvgIpc) is 3.61. The van der Waals surface area contributed by atoms with E-state index >= 15 is 0 Å². The van der Waals surface area contributed by atoms with Crippen LogP contribution in [-0.2, 0) is 44.9 Å². The monoisotopic (exact) mass is 679 g/mol. The minimum absolute atomic E-state index is 0.0610. The van der Waals surface area contributed by atoms with Crippen LogP contribution in [0, 0.1) is 11.8 Å². The number of likely N-dealkylation sites (tertiary alicyclic amines) is 1. The third kappa shape index (κ3) is 8.89. The molecular formula is C31H39F2N5O10. The Kier molecular flexibility index (Phi) is 12.3. The fraction of sp³-hybridized carbons (Fsp3) is 0.548. The number of nitrogens with zero attached hydrogens (tertiary/aromatic N) is 3. The molecule has 2 heterocycles. The van der Waals surface area contributed by atoms with Crippen LogP contribution in [0.3, 0.4) is 0 Å². The van der Waals surface area contributed by atoms with Crippen molar-refractivity contribution in [3.05, 3.63) is 35.9 Å². The topological polar surface area (TPSA) is 200 Å². The second-order valence-corrected chi connectivity index (χ2v) is 12.2. The van der Waals surface area contributed by atoms with E-state index in [1.54, 1.807) is 44.2 Å². The van der Waals surface area contributed by atoms with Gasteiger partial charge in [0.25, 0.3) is 5.91 Å². The first-order valence-corrected chi connectivity index (χ1v) is 15.3. The lowest BCUT2D eigenvalue weighted by Gasteiger charge is -2.32. The van der Waals surface area contributed by atoms with Crippen molar-refractivity contribution in [3.8, 4) is 0 Å². The van der Waals surface area contributed by atoms with E-state index in [0.29, 0.717) is 16.9 Å². The molecule has 0 aliphatic carbocycles. The van der Waals surface area contributed by atoms with Crippen molar-refractivity contribution in [2.45, 2.75) is 71.2 Å². The molecule has 262 valence electrons. The van der Waals surface area contributed by atoms with Gasteiger partial charge in [0.05, 0.1) is 6.04 Å². The number of carboxylic acid groups (broad SMARTS) is 1. The average molecular weight is 680 g/mol. The molecule has 0 spiro atoms. The molecule has 15 nitrogen and oxygen atoms in total. The number of carbonyl (C=O) groups is 8. The molecule has 3 N–H and O–H groups in total. The van der Waals surface area contributed by atoms with E-state index in [2.05, 4.69) is 15.4 Å². The predicted octanol–water partition coefficient (Wildman–Crippen LogP) is 0.556. The molecule has 1 aromatic rings. The Morgan fingerprint density at radius 1 is 0.958 bits per heavy atom. The predicted molar refractivity (Wildman–Crippen MR) is 161 cm³/mol. The largest absolute Gasteiger partial charge is 0.480 e. The van der Waals surface area contributed by atoms with Crippen molar-refractivity contribution in [1.29, 1.82) is 0 Å². The number of Topliss-reactive ketones (excluding diaryl/α,β-unsaturated/α-hetero) is 1. The number of imide groups is 1. The molecule has 2 aliphatic heterocycles. The lowest BCUT2D eigenvalue weighted by atomic mass is 9.95. The van der Waals surface area contributed by atoms with Crippen LogP contribution in [0.2, 0.25) is 0 Å². The van der Waals surface area contributed by atoms with E-state index in [9.17, 15) is 47.1 Å². The molecule has 48 heavy (non-hydrogen) atoms. The Morgan fingerprint density at radius 3 is 2.17 bits per heavy atom. The molecule has 6 amide bonds. The number of carboxylic acids is 1. The third-order valence-electron chi connectivity index (χ3n) is 7.87. The van der Waals surface area contributed by atoms with Gasteiger partial charge in [-0.3, -0.25) is 33.7 Å². The quantitative estimate of drug-likeness (QED) is 0.134. The van der Waals surface area contributed by atoms with Crippen molar-refractivity contribution in [2.24, 2.45) is 11.8 Å². The zero-order valence-electron chi connectivity index (χ0n) is 26.9. The van der Waals surface area contributed by atoms with Crippen LogP contribution in [-0.4, -0.2) is 117 Å². The minimum atomic E-state index is -4.59. The number of ether oxygens (including phenoxy) is 1. The SMILES string of the molecule is CC(C)[C@H](NC(=O)CN1C(=O)CN(CC(=O)O)C1=O)C(=O)N1CCC[C@H]1C(=O)N[C@H](C(=O)C(F)(F)C(=O)OCc1ccccc1)C(C)C. The summed E-state index contributed by atoms with van der Waals surface area (Å²) in [5.41, 5.74) is 0.421. The van der Waals surface area contributed by atoms with Gasteiger partial charge in [-0.05, 0) is 30.2 Å². The minimum Gasteiger partial charge on any atom is -0.480 e. The van der Waals surface area contributed by atoms with Gasteiger partial charge in [-0.1, -0.05) is 58.0 Å². The summed E-state index contributed by atoms with van der Waals surface area (Å²) in [7, 11) is 0. The van der Waals surface area contributed by atoms with E-state index in [1.807, 2.05) is 0 Å². The first-order chi connectivity index (χ1) is 22.4. The highest BCUT2D eigenvalue weighted by atomic mass is 19.3. The Hall–Kier alpha value is -4.96. The summed E-state index contributed by atoms with van der Waals surface area (Å²) in [4.78, 5) is 103. The number of urea groups is 1. The maximum atomic E-state index is 15.0.